The van der Waals surface area contributed by atoms with Crippen LogP contribution in [0.15, 0.2) is 12.4 Å². The third-order valence-corrected chi connectivity index (χ3v) is 2.73. The highest BCUT2D eigenvalue weighted by Gasteiger charge is 2.08. The Morgan fingerprint density at radius 3 is 2.57 bits per heavy atom. The van der Waals surface area contributed by atoms with Crippen LogP contribution in [-0.4, -0.2) is 5.57 Å². The van der Waals surface area contributed by atoms with Gasteiger partial charge in [-0.05, 0) is 17.1 Å². The average molecular weight is 161 g/mol. The molecule has 0 aromatic rings. The quantitative estimate of drug-likeness (QED) is 0.449. The molecular weight excluding hydrogens is 154 g/mol. The third kappa shape index (κ3) is 3.16. The number of rotatable bonds is 2. The zero-order valence-corrected chi connectivity index (χ0v) is 5.80. The molecule has 0 aromatic carbocycles. The van der Waals surface area contributed by atoms with Crippen molar-refractivity contribution in [2.24, 2.45) is 0 Å². The van der Waals surface area contributed by atoms with Gasteiger partial charge in [-0.15, -0.1) is 11.6 Å². The van der Waals surface area contributed by atoms with E-state index in [0.29, 0.717) is 0 Å². The summed E-state index contributed by atoms with van der Waals surface area (Å²) in [6.07, 6.45) is 0. The highest BCUT2D eigenvalue weighted by atomic mass is 35.7. The van der Waals surface area contributed by atoms with Gasteiger partial charge in [-0.1, -0.05) is 6.58 Å². The summed E-state index contributed by atoms with van der Waals surface area (Å²) in [6, 6.07) is 0. The number of hydrogen-bond donors (Lipinski definition) is 0. The summed E-state index contributed by atoms with van der Waals surface area (Å²) in [7, 11) is 0. The second kappa shape index (κ2) is 2.76. The summed E-state index contributed by atoms with van der Waals surface area (Å²) in [4.78, 5) is 0. The Kier molecular flexibility index (Phi) is 1.75. The normalized spacial score (nSPS) is 24.3. The van der Waals surface area contributed by atoms with E-state index in [1.807, 2.05) is 0 Å². The van der Waals surface area contributed by atoms with Gasteiger partial charge in [-0.3, -0.25) is 0 Å². The highest BCUT2D eigenvalue weighted by molar-refractivity contribution is 7.92. The van der Waals surface area contributed by atoms with Crippen molar-refractivity contribution in [2.45, 2.75) is 0 Å². The van der Waals surface area contributed by atoms with E-state index in [9.17, 15) is 4.57 Å². The zero-order valence-electron chi connectivity index (χ0n) is 5.40. The molecule has 0 radical (unpaired) electrons. The molecule has 0 spiro atoms. The van der Waals surface area contributed by atoms with Crippen molar-refractivity contribution in [2.75, 3.05) is 5.57 Å². The summed E-state index contributed by atoms with van der Waals surface area (Å²) in [5, 5.41) is 0. The van der Waals surface area contributed by atoms with E-state index in [1.54, 1.807) is 0 Å². The van der Waals surface area contributed by atoms with E-state index >= 15 is 0 Å². The van der Waals surface area contributed by atoms with E-state index in [-0.39, 0.29) is 0 Å². The minimum absolute atomic E-state index is 0.835. The Hall–Kier alpha value is 0.550. The molecule has 0 saturated heterocycles. The van der Waals surface area contributed by atoms with Crippen molar-refractivity contribution in [1.82, 2.24) is 0 Å². The van der Waals surface area contributed by atoms with Gasteiger partial charge in [0.1, 0.15) is 0 Å². The monoisotopic (exact) mass is 160 g/mol. The maximum absolute atomic E-state index is 10.7. The second-order valence-electron chi connectivity index (χ2n) is 0.844. The van der Waals surface area contributed by atoms with E-state index in [1.165, 1.54) is 0 Å². The Labute approximate surface area is 55.3 Å². The smallest absolute Gasteiger partial charge is 0.204 e. The molecule has 0 saturated carbocycles. The molecule has 1 atom stereocenters. The van der Waals surface area contributed by atoms with Gasteiger partial charge < -0.3 is 4.57 Å². The fourth-order valence-corrected chi connectivity index (χ4v) is 0.311. The average Bonchev–Trinajstić information content (AvgIpc) is 1.64. The van der Waals surface area contributed by atoms with Crippen LogP contribution in [0.4, 0.5) is 0 Å². The van der Waals surface area contributed by atoms with Crippen LogP contribution in [-0.2, 0) is 4.57 Å². The van der Waals surface area contributed by atoms with Crippen LogP contribution in [0.5, 0.6) is 0 Å². The van der Waals surface area contributed by atoms with Crippen molar-refractivity contribution in [3.8, 4) is 0 Å². The van der Waals surface area contributed by atoms with Crippen LogP contribution in [0.2, 0.25) is 0 Å². The lowest BCUT2D eigenvalue weighted by atomic mass is 11.3. The molecule has 0 heterocycles. The van der Waals surface area contributed by atoms with Gasteiger partial charge in [0, 0.05) is 0 Å². The summed E-state index contributed by atoms with van der Waals surface area (Å²) >= 11 is 10.1. The van der Waals surface area contributed by atoms with Gasteiger partial charge in [-0.2, -0.15) is 0 Å². The van der Waals surface area contributed by atoms with E-state index in [2.05, 4.69) is 6.58 Å². The van der Waals surface area contributed by atoms with Crippen molar-refractivity contribution < 1.29 is 7.31 Å². The van der Waals surface area contributed by atoms with E-state index < -0.39 is 12.1 Å². The lowest BCUT2D eigenvalue weighted by Gasteiger charge is -1.93. The minimum Gasteiger partial charge on any atom is -0.301 e. The highest BCUT2D eigenvalue weighted by Crippen LogP contribution is 2.52. The van der Waals surface area contributed by atoms with Gasteiger partial charge in [-0.25, -0.2) is 0 Å². The zero-order chi connectivity index (χ0) is 7.71. The Morgan fingerprint density at radius 2 is 2.57 bits per heavy atom. The van der Waals surface area contributed by atoms with Crippen molar-refractivity contribution >= 4 is 29.3 Å². The van der Waals surface area contributed by atoms with Gasteiger partial charge >= 0.3 is 0 Å². The fourth-order valence-electron chi connectivity index (χ4n) is 0.0345. The predicted molar refractivity (Wildman–Crippen MR) is 34.4 cm³/mol. The van der Waals surface area contributed by atoms with Crippen molar-refractivity contribution in [3.05, 3.63) is 12.4 Å². The molecule has 4 heteroatoms. The summed E-state index contributed by atoms with van der Waals surface area (Å²) in [5.74, 6) is 0.835. The maximum Gasteiger partial charge on any atom is 0.204 e. The molecule has 0 aliphatic heterocycles. The first kappa shape index (κ1) is 4.43. The Morgan fingerprint density at radius 1 is 2.14 bits per heavy atom. The molecule has 0 aromatic heterocycles. The van der Waals surface area contributed by atoms with Gasteiger partial charge in [0.05, 0.1) is 8.31 Å². The van der Waals surface area contributed by atoms with Gasteiger partial charge in [0.25, 0.3) is 0 Å². The molecular formula is C3H5Cl2OP. The lowest BCUT2D eigenvalue weighted by Crippen LogP contribution is -1.61. The van der Waals surface area contributed by atoms with Crippen LogP contribution in [0.1, 0.15) is 2.74 Å². The second-order valence-corrected chi connectivity index (χ2v) is 4.55. The standard InChI is InChI=1S/C3H5Cl2OP/c1-2-7(5,6)3-4/h2H,1,3H2/i3D2. The molecule has 42 valence electrons. The van der Waals surface area contributed by atoms with Crippen LogP contribution >= 0.6 is 29.3 Å². The molecule has 0 amide bonds. The van der Waals surface area contributed by atoms with Crippen LogP contribution in [0, 0.1) is 0 Å². The number of hydrogen-bond acceptors (Lipinski definition) is 1. The first-order valence-electron chi connectivity index (χ1n) is 2.43. The molecule has 1 nitrogen and oxygen atoms in total. The molecule has 0 rings (SSSR count). The van der Waals surface area contributed by atoms with Gasteiger partial charge in [0.2, 0.25) is 6.49 Å². The Bertz CT molecular complexity index is 164. The van der Waals surface area contributed by atoms with Crippen molar-refractivity contribution in [1.29, 1.82) is 0 Å². The molecule has 7 heavy (non-hydrogen) atoms. The summed E-state index contributed by atoms with van der Waals surface area (Å²) in [6.45, 7) is -0.443. The van der Waals surface area contributed by atoms with Crippen LogP contribution in [0.3, 0.4) is 0 Å². The van der Waals surface area contributed by atoms with Crippen LogP contribution in [0.25, 0.3) is 0 Å². The number of alkyl halides is 1. The van der Waals surface area contributed by atoms with E-state index in [0.717, 1.165) is 5.82 Å². The van der Waals surface area contributed by atoms with Gasteiger partial charge in [0.15, 0.2) is 0 Å². The Balaban J connectivity index is 4.54. The minimum atomic E-state index is -3.52. The third-order valence-electron chi connectivity index (χ3n) is 0.350. The first-order chi connectivity index (χ1) is 3.81. The van der Waals surface area contributed by atoms with Crippen molar-refractivity contribution in [3.63, 3.8) is 0 Å². The van der Waals surface area contributed by atoms with Crippen LogP contribution < -0.4 is 0 Å². The fraction of sp³-hybridized carbons (Fsp3) is 0.333. The summed E-state index contributed by atoms with van der Waals surface area (Å²) in [5.41, 5.74) is -2.38. The summed E-state index contributed by atoms with van der Waals surface area (Å²) < 4.78 is 24.1. The molecule has 0 N–H and O–H groups in total. The largest absolute Gasteiger partial charge is 0.301 e. The topological polar surface area (TPSA) is 17.1 Å². The number of halogens is 2. The first-order valence-corrected chi connectivity index (χ1v) is 4.49. The molecule has 0 bridgehead atoms. The molecule has 0 fully saturated rings. The lowest BCUT2D eigenvalue weighted by molar-refractivity contribution is 0.592. The van der Waals surface area contributed by atoms with E-state index in [4.69, 9.17) is 25.6 Å². The predicted octanol–water partition coefficient (Wildman–Crippen LogP) is 2.84. The maximum atomic E-state index is 10.7. The SMILES string of the molecule is [2H]C([2H])(Cl)P(=O)(Cl)C=C. The molecule has 0 aliphatic rings. The molecule has 0 aliphatic carbocycles. The molecule has 1 unspecified atom stereocenters.